The SMILES string of the molecule is COc1ccc(NC(=S)NC(=O)c2ccc(OC)c(Br)c2)cc1Cl. The number of halogens is 2. The molecule has 24 heavy (non-hydrogen) atoms. The smallest absolute Gasteiger partial charge is 0.257 e. The predicted molar refractivity (Wildman–Crippen MR) is 102 cm³/mol. The van der Waals surface area contributed by atoms with Gasteiger partial charge < -0.3 is 14.8 Å². The van der Waals surface area contributed by atoms with Crippen molar-refractivity contribution in [3.63, 3.8) is 0 Å². The maximum atomic E-state index is 12.2. The van der Waals surface area contributed by atoms with Gasteiger partial charge in [-0.2, -0.15) is 0 Å². The number of benzene rings is 2. The number of anilines is 1. The van der Waals surface area contributed by atoms with Crippen LogP contribution in [-0.4, -0.2) is 25.2 Å². The van der Waals surface area contributed by atoms with Crippen LogP contribution in [-0.2, 0) is 0 Å². The molecule has 8 heteroatoms. The third kappa shape index (κ3) is 4.59. The lowest BCUT2D eigenvalue weighted by atomic mass is 10.2. The highest BCUT2D eigenvalue weighted by Crippen LogP contribution is 2.27. The number of methoxy groups -OCH3 is 2. The van der Waals surface area contributed by atoms with Crippen LogP contribution in [0, 0.1) is 0 Å². The third-order valence-electron chi connectivity index (χ3n) is 3.05. The Morgan fingerprint density at radius 1 is 1.12 bits per heavy atom. The molecule has 0 unspecified atom stereocenters. The van der Waals surface area contributed by atoms with Crippen LogP contribution in [0.3, 0.4) is 0 Å². The highest BCUT2D eigenvalue weighted by atomic mass is 79.9. The summed E-state index contributed by atoms with van der Waals surface area (Å²) in [7, 11) is 3.09. The summed E-state index contributed by atoms with van der Waals surface area (Å²) in [6.45, 7) is 0. The molecule has 5 nitrogen and oxygen atoms in total. The first-order valence-electron chi connectivity index (χ1n) is 6.74. The molecule has 0 spiro atoms. The zero-order valence-corrected chi connectivity index (χ0v) is 16.0. The van der Waals surface area contributed by atoms with Gasteiger partial charge in [0.25, 0.3) is 5.91 Å². The molecule has 2 aromatic carbocycles. The largest absolute Gasteiger partial charge is 0.496 e. The van der Waals surface area contributed by atoms with Gasteiger partial charge in [0.1, 0.15) is 11.5 Å². The summed E-state index contributed by atoms with van der Waals surface area (Å²) in [5, 5.41) is 6.10. The topological polar surface area (TPSA) is 59.6 Å². The molecule has 0 saturated heterocycles. The molecule has 0 saturated carbocycles. The second kappa shape index (κ2) is 8.32. The predicted octanol–water partition coefficient (Wildman–Crippen LogP) is 4.25. The van der Waals surface area contributed by atoms with Crippen LogP contribution in [0.4, 0.5) is 5.69 Å². The second-order valence-electron chi connectivity index (χ2n) is 4.61. The van der Waals surface area contributed by atoms with E-state index < -0.39 is 0 Å². The van der Waals surface area contributed by atoms with Gasteiger partial charge in [-0.05, 0) is 64.5 Å². The van der Waals surface area contributed by atoms with Crippen molar-refractivity contribution in [1.29, 1.82) is 0 Å². The number of carbonyl (C=O) groups is 1. The van der Waals surface area contributed by atoms with E-state index in [1.807, 2.05) is 0 Å². The minimum atomic E-state index is -0.338. The van der Waals surface area contributed by atoms with Crippen LogP contribution >= 0.6 is 39.7 Å². The molecule has 0 aromatic heterocycles. The summed E-state index contributed by atoms with van der Waals surface area (Å²) in [5.41, 5.74) is 1.08. The normalized spacial score (nSPS) is 10.0. The standard InChI is InChI=1S/C16H14BrClN2O3S/c1-22-13-5-3-9(7-11(13)17)15(21)20-16(24)19-10-4-6-14(23-2)12(18)8-10/h3-8H,1-2H3,(H2,19,20,21,24). The molecular formula is C16H14BrClN2O3S. The molecule has 0 aliphatic rings. The average molecular weight is 430 g/mol. The van der Waals surface area contributed by atoms with Gasteiger partial charge in [-0.25, -0.2) is 0 Å². The quantitative estimate of drug-likeness (QED) is 0.712. The Morgan fingerprint density at radius 3 is 2.38 bits per heavy atom. The van der Waals surface area contributed by atoms with Gasteiger partial charge >= 0.3 is 0 Å². The molecule has 2 rings (SSSR count). The van der Waals surface area contributed by atoms with E-state index in [0.29, 0.717) is 32.2 Å². The van der Waals surface area contributed by atoms with Crippen LogP contribution in [0.5, 0.6) is 11.5 Å². The van der Waals surface area contributed by atoms with Crippen molar-refractivity contribution < 1.29 is 14.3 Å². The molecule has 0 heterocycles. The summed E-state index contributed by atoms with van der Waals surface area (Å²) in [5.74, 6) is 0.857. The van der Waals surface area contributed by atoms with Crippen LogP contribution < -0.4 is 20.1 Å². The molecule has 0 bridgehead atoms. The van der Waals surface area contributed by atoms with E-state index in [4.69, 9.17) is 33.3 Å². The highest BCUT2D eigenvalue weighted by molar-refractivity contribution is 9.10. The fraction of sp³-hybridized carbons (Fsp3) is 0.125. The van der Waals surface area contributed by atoms with Crippen molar-refractivity contribution in [2.75, 3.05) is 19.5 Å². The lowest BCUT2D eigenvalue weighted by Gasteiger charge is -2.11. The van der Waals surface area contributed by atoms with Gasteiger partial charge in [-0.1, -0.05) is 11.6 Å². The Labute approximate surface area is 158 Å². The van der Waals surface area contributed by atoms with E-state index in [1.165, 1.54) is 7.11 Å². The molecule has 0 aliphatic carbocycles. The van der Waals surface area contributed by atoms with E-state index in [2.05, 4.69) is 26.6 Å². The number of hydrogen-bond donors (Lipinski definition) is 2. The van der Waals surface area contributed by atoms with Crippen molar-refractivity contribution in [1.82, 2.24) is 5.32 Å². The van der Waals surface area contributed by atoms with Gasteiger partial charge in [0.15, 0.2) is 5.11 Å². The van der Waals surface area contributed by atoms with Crippen molar-refractivity contribution >= 4 is 56.5 Å². The van der Waals surface area contributed by atoms with E-state index in [-0.39, 0.29) is 11.0 Å². The van der Waals surface area contributed by atoms with E-state index >= 15 is 0 Å². The van der Waals surface area contributed by atoms with Crippen molar-refractivity contribution in [2.45, 2.75) is 0 Å². The number of thiocarbonyl (C=S) groups is 1. The first-order chi connectivity index (χ1) is 11.4. The average Bonchev–Trinajstić information content (AvgIpc) is 2.54. The van der Waals surface area contributed by atoms with Crippen molar-refractivity contribution in [3.8, 4) is 11.5 Å². The number of ether oxygens (including phenoxy) is 2. The zero-order chi connectivity index (χ0) is 17.7. The van der Waals surface area contributed by atoms with Crippen LogP contribution in [0.2, 0.25) is 5.02 Å². The van der Waals surface area contributed by atoms with Gasteiger partial charge in [0, 0.05) is 11.3 Å². The zero-order valence-electron chi connectivity index (χ0n) is 12.9. The first-order valence-corrected chi connectivity index (χ1v) is 8.32. The lowest BCUT2D eigenvalue weighted by molar-refractivity contribution is 0.0977. The molecule has 1 amide bonds. The van der Waals surface area contributed by atoms with Crippen molar-refractivity contribution in [3.05, 3.63) is 51.5 Å². The lowest BCUT2D eigenvalue weighted by Crippen LogP contribution is -2.34. The first kappa shape index (κ1) is 18.5. The highest BCUT2D eigenvalue weighted by Gasteiger charge is 2.11. The number of amides is 1. The van der Waals surface area contributed by atoms with Crippen LogP contribution in [0.1, 0.15) is 10.4 Å². The molecule has 2 N–H and O–H groups in total. The molecule has 126 valence electrons. The van der Waals surface area contributed by atoms with Gasteiger partial charge in [0.05, 0.1) is 23.7 Å². The second-order valence-corrected chi connectivity index (χ2v) is 6.28. The van der Waals surface area contributed by atoms with E-state index in [0.717, 1.165) is 0 Å². The number of carbonyl (C=O) groups excluding carboxylic acids is 1. The number of hydrogen-bond acceptors (Lipinski definition) is 4. The summed E-state index contributed by atoms with van der Waals surface area (Å²) in [6.07, 6.45) is 0. The van der Waals surface area contributed by atoms with E-state index in [9.17, 15) is 4.79 Å². The molecule has 2 aromatic rings. The van der Waals surface area contributed by atoms with Gasteiger partial charge in [0.2, 0.25) is 0 Å². The molecule has 0 aliphatic heterocycles. The summed E-state index contributed by atoms with van der Waals surface area (Å²) >= 11 is 14.5. The van der Waals surface area contributed by atoms with Gasteiger partial charge in [-0.15, -0.1) is 0 Å². The van der Waals surface area contributed by atoms with E-state index in [1.54, 1.807) is 43.5 Å². The molecule has 0 fully saturated rings. The summed E-state index contributed by atoms with van der Waals surface area (Å²) in [6, 6.07) is 10.1. The Balaban J connectivity index is 2.02. The Morgan fingerprint density at radius 2 is 1.79 bits per heavy atom. The Bertz CT molecular complexity index is 786. The van der Waals surface area contributed by atoms with Crippen molar-refractivity contribution in [2.24, 2.45) is 0 Å². The monoisotopic (exact) mass is 428 g/mol. The summed E-state index contributed by atoms with van der Waals surface area (Å²) in [4.78, 5) is 12.2. The van der Waals surface area contributed by atoms with Crippen LogP contribution in [0.15, 0.2) is 40.9 Å². The van der Waals surface area contributed by atoms with Gasteiger partial charge in [-0.3, -0.25) is 10.1 Å². The fourth-order valence-corrected chi connectivity index (χ4v) is 2.90. The number of rotatable bonds is 4. The maximum Gasteiger partial charge on any atom is 0.257 e. The maximum absolute atomic E-state index is 12.2. The molecule has 0 atom stereocenters. The third-order valence-corrected chi connectivity index (χ3v) is 4.17. The minimum absolute atomic E-state index is 0.160. The Hall–Kier alpha value is -1.83. The summed E-state index contributed by atoms with van der Waals surface area (Å²) < 4.78 is 10.9. The molecule has 0 radical (unpaired) electrons. The minimum Gasteiger partial charge on any atom is -0.496 e. The Kier molecular flexibility index (Phi) is 6.42. The number of nitrogens with one attached hydrogen (secondary N) is 2. The molecular weight excluding hydrogens is 416 g/mol. The van der Waals surface area contributed by atoms with Crippen LogP contribution in [0.25, 0.3) is 0 Å². The fourth-order valence-electron chi connectivity index (χ4n) is 1.89.